The SMILES string of the molecule is CCOC(=O)[C@H](C)Oc1c(OC)cccc1OC. The molecule has 0 unspecified atom stereocenters. The summed E-state index contributed by atoms with van der Waals surface area (Å²) in [5.41, 5.74) is 0. The molecular weight excluding hydrogens is 236 g/mol. The van der Waals surface area contributed by atoms with Crippen LogP contribution in [0.25, 0.3) is 0 Å². The van der Waals surface area contributed by atoms with Gasteiger partial charge in [0.25, 0.3) is 0 Å². The maximum Gasteiger partial charge on any atom is 0.347 e. The first kappa shape index (κ1) is 14.2. The minimum atomic E-state index is -0.727. The van der Waals surface area contributed by atoms with Crippen molar-refractivity contribution in [2.75, 3.05) is 20.8 Å². The Kier molecular flexibility index (Phi) is 5.30. The molecule has 1 rings (SSSR count). The third kappa shape index (κ3) is 3.29. The third-order valence-electron chi connectivity index (χ3n) is 2.30. The average Bonchev–Trinajstić information content (AvgIpc) is 2.39. The monoisotopic (exact) mass is 254 g/mol. The molecule has 0 saturated heterocycles. The summed E-state index contributed by atoms with van der Waals surface area (Å²) < 4.78 is 20.8. The van der Waals surface area contributed by atoms with Crippen LogP contribution in [0.1, 0.15) is 13.8 Å². The number of hydrogen-bond acceptors (Lipinski definition) is 5. The molecule has 5 heteroatoms. The molecule has 1 aromatic carbocycles. The highest BCUT2D eigenvalue weighted by Gasteiger charge is 2.20. The molecule has 0 spiro atoms. The van der Waals surface area contributed by atoms with Crippen molar-refractivity contribution in [2.24, 2.45) is 0 Å². The average molecular weight is 254 g/mol. The second-order valence-corrected chi connectivity index (χ2v) is 3.50. The lowest BCUT2D eigenvalue weighted by atomic mass is 10.3. The Labute approximate surface area is 107 Å². The largest absolute Gasteiger partial charge is 0.493 e. The molecule has 0 fully saturated rings. The van der Waals surface area contributed by atoms with Crippen molar-refractivity contribution in [1.29, 1.82) is 0 Å². The Morgan fingerprint density at radius 2 is 1.78 bits per heavy atom. The molecule has 1 aromatic rings. The van der Waals surface area contributed by atoms with Crippen molar-refractivity contribution in [1.82, 2.24) is 0 Å². The highest BCUT2D eigenvalue weighted by molar-refractivity contribution is 5.75. The van der Waals surface area contributed by atoms with Crippen molar-refractivity contribution >= 4 is 5.97 Å². The number of hydrogen-bond donors (Lipinski definition) is 0. The minimum Gasteiger partial charge on any atom is -0.493 e. The van der Waals surface area contributed by atoms with Gasteiger partial charge in [-0.3, -0.25) is 0 Å². The predicted octanol–water partition coefficient (Wildman–Crippen LogP) is 2.03. The molecule has 1 atom stereocenters. The molecule has 0 aromatic heterocycles. The molecule has 0 radical (unpaired) electrons. The van der Waals surface area contributed by atoms with Crippen LogP contribution in [0.5, 0.6) is 17.2 Å². The second kappa shape index (κ2) is 6.74. The third-order valence-corrected chi connectivity index (χ3v) is 2.30. The molecule has 0 aliphatic heterocycles. The summed E-state index contributed by atoms with van der Waals surface area (Å²) in [4.78, 5) is 11.5. The first-order valence-corrected chi connectivity index (χ1v) is 5.68. The van der Waals surface area contributed by atoms with Crippen LogP contribution >= 0.6 is 0 Å². The topological polar surface area (TPSA) is 54.0 Å². The van der Waals surface area contributed by atoms with Gasteiger partial charge < -0.3 is 18.9 Å². The molecule has 0 aliphatic carbocycles. The van der Waals surface area contributed by atoms with Gasteiger partial charge in [-0.05, 0) is 26.0 Å². The van der Waals surface area contributed by atoms with Gasteiger partial charge in [0, 0.05) is 0 Å². The molecule has 100 valence electrons. The van der Waals surface area contributed by atoms with Gasteiger partial charge in [0.1, 0.15) is 0 Å². The molecule has 0 bridgehead atoms. The van der Waals surface area contributed by atoms with E-state index in [1.807, 2.05) is 0 Å². The molecule has 0 N–H and O–H groups in total. The fourth-order valence-corrected chi connectivity index (χ4v) is 1.42. The fraction of sp³-hybridized carbons (Fsp3) is 0.462. The first-order valence-electron chi connectivity index (χ1n) is 5.68. The van der Waals surface area contributed by atoms with E-state index >= 15 is 0 Å². The Bertz CT molecular complexity index is 380. The Morgan fingerprint density at radius 1 is 1.22 bits per heavy atom. The lowest BCUT2D eigenvalue weighted by Gasteiger charge is -2.17. The van der Waals surface area contributed by atoms with Crippen LogP contribution in [0.2, 0.25) is 0 Å². The van der Waals surface area contributed by atoms with Gasteiger partial charge in [-0.15, -0.1) is 0 Å². The van der Waals surface area contributed by atoms with E-state index in [4.69, 9.17) is 18.9 Å². The van der Waals surface area contributed by atoms with Crippen LogP contribution in [0.3, 0.4) is 0 Å². The molecule has 0 amide bonds. The summed E-state index contributed by atoms with van der Waals surface area (Å²) in [6, 6.07) is 5.24. The highest BCUT2D eigenvalue weighted by Crippen LogP contribution is 2.37. The second-order valence-electron chi connectivity index (χ2n) is 3.50. The molecule has 18 heavy (non-hydrogen) atoms. The number of carbonyl (C=O) groups excluding carboxylic acids is 1. The number of para-hydroxylation sites is 1. The van der Waals surface area contributed by atoms with Crippen LogP contribution in [0.15, 0.2) is 18.2 Å². The zero-order chi connectivity index (χ0) is 13.5. The maximum absolute atomic E-state index is 11.5. The summed E-state index contributed by atoms with van der Waals surface area (Å²) in [5.74, 6) is 0.976. The summed E-state index contributed by atoms with van der Waals surface area (Å²) >= 11 is 0. The predicted molar refractivity (Wildman–Crippen MR) is 66.3 cm³/mol. The number of methoxy groups -OCH3 is 2. The quantitative estimate of drug-likeness (QED) is 0.727. The minimum absolute atomic E-state index is 0.315. The van der Waals surface area contributed by atoms with Gasteiger partial charge >= 0.3 is 5.97 Å². The van der Waals surface area contributed by atoms with Gasteiger partial charge in [0.05, 0.1) is 20.8 Å². The first-order chi connectivity index (χ1) is 8.63. The van der Waals surface area contributed by atoms with Crippen LogP contribution in [0.4, 0.5) is 0 Å². The van der Waals surface area contributed by atoms with E-state index in [0.717, 1.165) is 0 Å². The van der Waals surface area contributed by atoms with Gasteiger partial charge in [-0.1, -0.05) is 6.07 Å². The zero-order valence-corrected chi connectivity index (χ0v) is 11.1. The van der Waals surface area contributed by atoms with E-state index in [0.29, 0.717) is 23.9 Å². The van der Waals surface area contributed by atoms with Crippen LogP contribution < -0.4 is 14.2 Å². The van der Waals surface area contributed by atoms with Crippen molar-refractivity contribution in [2.45, 2.75) is 20.0 Å². The van der Waals surface area contributed by atoms with Crippen molar-refractivity contribution in [3.05, 3.63) is 18.2 Å². The van der Waals surface area contributed by atoms with Crippen molar-refractivity contribution in [3.63, 3.8) is 0 Å². The number of esters is 1. The number of rotatable bonds is 6. The lowest BCUT2D eigenvalue weighted by Crippen LogP contribution is -2.26. The summed E-state index contributed by atoms with van der Waals surface area (Å²) in [5, 5.41) is 0. The number of carbonyl (C=O) groups is 1. The normalized spacial score (nSPS) is 11.6. The molecule has 0 aliphatic rings. The van der Waals surface area contributed by atoms with Crippen molar-refractivity contribution < 1.29 is 23.7 Å². The standard InChI is InChI=1S/C13H18O5/c1-5-17-13(14)9(2)18-12-10(15-3)7-6-8-11(12)16-4/h6-9H,5H2,1-4H3/t9-/m0/s1. The lowest BCUT2D eigenvalue weighted by molar-refractivity contribution is -0.150. The van der Waals surface area contributed by atoms with Gasteiger partial charge in [-0.2, -0.15) is 0 Å². The number of ether oxygens (including phenoxy) is 4. The molecular formula is C13H18O5. The van der Waals surface area contributed by atoms with E-state index in [2.05, 4.69) is 0 Å². The van der Waals surface area contributed by atoms with Gasteiger partial charge in [-0.25, -0.2) is 4.79 Å². The molecule has 5 nitrogen and oxygen atoms in total. The Morgan fingerprint density at radius 3 is 2.22 bits per heavy atom. The highest BCUT2D eigenvalue weighted by atomic mass is 16.6. The summed E-state index contributed by atoms with van der Waals surface area (Å²) in [7, 11) is 3.05. The Hall–Kier alpha value is -1.91. The van der Waals surface area contributed by atoms with E-state index in [-0.39, 0.29) is 0 Å². The van der Waals surface area contributed by atoms with Crippen LogP contribution in [-0.4, -0.2) is 32.9 Å². The summed E-state index contributed by atoms with van der Waals surface area (Å²) in [6.45, 7) is 3.67. The van der Waals surface area contributed by atoms with Crippen LogP contribution in [0, 0.1) is 0 Å². The van der Waals surface area contributed by atoms with Crippen molar-refractivity contribution in [3.8, 4) is 17.2 Å². The fourth-order valence-electron chi connectivity index (χ4n) is 1.42. The van der Waals surface area contributed by atoms with Gasteiger partial charge in [0.15, 0.2) is 17.6 Å². The number of benzene rings is 1. The molecule has 0 heterocycles. The Balaban J connectivity index is 2.91. The maximum atomic E-state index is 11.5. The zero-order valence-electron chi connectivity index (χ0n) is 11.1. The smallest absolute Gasteiger partial charge is 0.347 e. The van der Waals surface area contributed by atoms with E-state index in [9.17, 15) is 4.79 Å². The van der Waals surface area contributed by atoms with E-state index in [1.165, 1.54) is 14.2 Å². The summed E-state index contributed by atoms with van der Waals surface area (Å²) in [6.07, 6.45) is -0.727. The van der Waals surface area contributed by atoms with Gasteiger partial charge in [0.2, 0.25) is 5.75 Å². The van der Waals surface area contributed by atoms with E-state index < -0.39 is 12.1 Å². The molecule has 0 saturated carbocycles. The van der Waals surface area contributed by atoms with Crippen LogP contribution in [-0.2, 0) is 9.53 Å². The van der Waals surface area contributed by atoms with E-state index in [1.54, 1.807) is 32.0 Å².